The summed E-state index contributed by atoms with van der Waals surface area (Å²) in [7, 11) is 0. The molecule has 2 N–H and O–H groups in total. The number of aryl methyl sites for hydroxylation is 1. The molecule has 0 bridgehead atoms. The van der Waals surface area contributed by atoms with E-state index >= 15 is 0 Å². The highest BCUT2D eigenvalue weighted by molar-refractivity contribution is 5.81. The molecule has 100 valence electrons. The van der Waals surface area contributed by atoms with Crippen molar-refractivity contribution in [2.45, 2.75) is 25.5 Å². The molecule has 0 radical (unpaired) electrons. The molecule has 18 heavy (non-hydrogen) atoms. The Morgan fingerprint density at radius 2 is 2.50 bits per heavy atom. The average molecular weight is 252 g/mol. The Labute approximate surface area is 107 Å². The highest BCUT2D eigenvalue weighted by atomic mass is 16.5. The van der Waals surface area contributed by atoms with Crippen molar-refractivity contribution in [2.75, 3.05) is 26.2 Å². The molecule has 0 saturated carbocycles. The number of morpholine rings is 1. The SMILES string of the molecule is O=C(NCCCCn1ccnc1)C1CNCCO1. The lowest BCUT2D eigenvalue weighted by atomic mass is 10.2. The molecule has 6 heteroatoms. The van der Waals surface area contributed by atoms with Gasteiger partial charge in [0.2, 0.25) is 5.91 Å². The topological polar surface area (TPSA) is 68.2 Å². The third-order valence-corrected chi connectivity index (χ3v) is 2.92. The van der Waals surface area contributed by atoms with E-state index in [0.29, 0.717) is 19.7 Å². The van der Waals surface area contributed by atoms with Gasteiger partial charge in [0.15, 0.2) is 0 Å². The van der Waals surface area contributed by atoms with Crippen LogP contribution in [-0.4, -0.2) is 47.8 Å². The van der Waals surface area contributed by atoms with Crippen molar-refractivity contribution in [1.29, 1.82) is 0 Å². The number of hydrogen-bond donors (Lipinski definition) is 2. The van der Waals surface area contributed by atoms with E-state index in [-0.39, 0.29) is 12.0 Å². The van der Waals surface area contributed by atoms with Gasteiger partial charge in [-0.05, 0) is 12.8 Å². The molecule has 1 aliphatic rings. The maximum Gasteiger partial charge on any atom is 0.250 e. The lowest BCUT2D eigenvalue weighted by molar-refractivity contribution is -0.134. The number of nitrogens with one attached hydrogen (secondary N) is 2. The van der Waals surface area contributed by atoms with Crippen LogP contribution in [0.25, 0.3) is 0 Å². The fourth-order valence-corrected chi connectivity index (χ4v) is 1.90. The summed E-state index contributed by atoms with van der Waals surface area (Å²) in [5, 5.41) is 6.04. The van der Waals surface area contributed by atoms with E-state index < -0.39 is 0 Å². The maximum absolute atomic E-state index is 11.7. The molecular formula is C12H20N4O2. The number of nitrogens with zero attached hydrogens (tertiary/aromatic N) is 2. The van der Waals surface area contributed by atoms with Crippen LogP contribution in [0, 0.1) is 0 Å². The van der Waals surface area contributed by atoms with Gasteiger partial charge >= 0.3 is 0 Å². The first-order chi connectivity index (χ1) is 8.86. The molecule has 2 rings (SSSR count). The predicted octanol–water partition coefficient (Wildman–Crippen LogP) is -0.232. The third-order valence-electron chi connectivity index (χ3n) is 2.92. The molecule has 1 aromatic rings. The van der Waals surface area contributed by atoms with Crippen LogP contribution in [-0.2, 0) is 16.1 Å². The van der Waals surface area contributed by atoms with Crippen LogP contribution < -0.4 is 10.6 Å². The molecule has 1 unspecified atom stereocenters. The number of rotatable bonds is 6. The molecule has 1 amide bonds. The van der Waals surface area contributed by atoms with E-state index in [1.54, 1.807) is 12.5 Å². The summed E-state index contributed by atoms with van der Waals surface area (Å²) in [5.74, 6) is -0.00942. The minimum atomic E-state index is -0.326. The zero-order chi connectivity index (χ0) is 12.6. The smallest absolute Gasteiger partial charge is 0.250 e. The van der Waals surface area contributed by atoms with E-state index in [1.807, 2.05) is 10.8 Å². The molecule has 1 aliphatic heterocycles. The van der Waals surface area contributed by atoms with E-state index in [2.05, 4.69) is 15.6 Å². The van der Waals surface area contributed by atoms with Gasteiger partial charge in [0, 0.05) is 38.6 Å². The lowest BCUT2D eigenvalue weighted by Gasteiger charge is -2.22. The highest BCUT2D eigenvalue weighted by Crippen LogP contribution is 1.97. The first-order valence-corrected chi connectivity index (χ1v) is 6.42. The zero-order valence-corrected chi connectivity index (χ0v) is 10.5. The van der Waals surface area contributed by atoms with Gasteiger partial charge in [-0.25, -0.2) is 4.98 Å². The van der Waals surface area contributed by atoms with Gasteiger partial charge < -0.3 is 19.9 Å². The first-order valence-electron chi connectivity index (χ1n) is 6.42. The fraction of sp³-hybridized carbons (Fsp3) is 0.667. The molecule has 1 fully saturated rings. The van der Waals surface area contributed by atoms with Crippen molar-refractivity contribution in [3.63, 3.8) is 0 Å². The second-order valence-corrected chi connectivity index (χ2v) is 4.36. The number of carbonyl (C=O) groups is 1. The second kappa shape index (κ2) is 7.13. The Bertz CT molecular complexity index is 347. The van der Waals surface area contributed by atoms with Gasteiger partial charge in [-0.15, -0.1) is 0 Å². The van der Waals surface area contributed by atoms with Gasteiger partial charge in [0.25, 0.3) is 0 Å². The van der Waals surface area contributed by atoms with Crippen molar-refractivity contribution >= 4 is 5.91 Å². The minimum absolute atomic E-state index is 0.00942. The van der Waals surface area contributed by atoms with Gasteiger partial charge in [0.1, 0.15) is 6.10 Å². The van der Waals surface area contributed by atoms with Crippen molar-refractivity contribution in [1.82, 2.24) is 20.2 Å². The summed E-state index contributed by atoms with van der Waals surface area (Å²) in [6, 6.07) is 0. The van der Waals surface area contributed by atoms with Gasteiger partial charge in [-0.1, -0.05) is 0 Å². The van der Waals surface area contributed by atoms with Crippen LogP contribution in [0.3, 0.4) is 0 Å². The number of imidazole rings is 1. The van der Waals surface area contributed by atoms with E-state index in [0.717, 1.165) is 25.9 Å². The monoisotopic (exact) mass is 252 g/mol. The standard InChI is InChI=1S/C12H20N4O2/c17-12(11-9-13-5-8-18-11)15-3-1-2-6-16-7-4-14-10-16/h4,7,10-11,13H,1-3,5-6,8-9H2,(H,15,17). The molecular weight excluding hydrogens is 232 g/mol. The molecule has 2 heterocycles. The van der Waals surface area contributed by atoms with Crippen LogP contribution >= 0.6 is 0 Å². The lowest BCUT2D eigenvalue weighted by Crippen LogP contribution is -2.48. The van der Waals surface area contributed by atoms with Gasteiger partial charge in [0.05, 0.1) is 12.9 Å². The molecule has 0 spiro atoms. The summed E-state index contributed by atoms with van der Waals surface area (Å²) < 4.78 is 7.41. The van der Waals surface area contributed by atoms with Crippen LogP contribution in [0.5, 0.6) is 0 Å². The van der Waals surface area contributed by atoms with Gasteiger partial charge in [-0.3, -0.25) is 4.79 Å². The summed E-state index contributed by atoms with van der Waals surface area (Å²) in [5.41, 5.74) is 0. The summed E-state index contributed by atoms with van der Waals surface area (Å²) in [4.78, 5) is 15.7. The molecule has 1 atom stereocenters. The van der Waals surface area contributed by atoms with Crippen molar-refractivity contribution in [3.8, 4) is 0 Å². The summed E-state index contributed by atoms with van der Waals surface area (Å²) in [6.07, 6.45) is 7.19. The van der Waals surface area contributed by atoms with Gasteiger partial charge in [-0.2, -0.15) is 0 Å². The number of amides is 1. The summed E-state index contributed by atoms with van der Waals surface area (Å²) >= 11 is 0. The number of aromatic nitrogens is 2. The third kappa shape index (κ3) is 4.12. The van der Waals surface area contributed by atoms with E-state index in [9.17, 15) is 4.79 Å². The number of carbonyl (C=O) groups excluding carboxylic acids is 1. The number of ether oxygens (including phenoxy) is 1. The minimum Gasteiger partial charge on any atom is -0.366 e. The van der Waals surface area contributed by atoms with Crippen molar-refractivity contribution in [2.24, 2.45) is 0 Å². The second-order valence-electron chi connectivity index (χ2n) is 4.36. The van der Waals surface area contributed by atoms with Crippen LogP contribution in [0.15, 0.2) is 18.7 Å². The molecule has 1 saturated heterocycles. The normalized spacial score (nSPS) is 19.7. The molecule has 1 aromatic heterocycles. The van der Waals surface area contributed by atoms with E-state index in [4.69, 9.17) is 4.74 Å². The Morgan fingerprint density at radius 3 is 3.22 bits per heavy atom. The number of hydrogen-bond acceptors (Lipinski definition) is 4. The fourth-order valence-electron chi connectivity index (χ4n) is 1.90. The Balaban J connectivity index is 1.53. The van der Waals surface area contributed by atoms with Crippen LogP contribution in [0.1, 0.15) is 12.8 Å². The van der Waals surface area contributed by atoms with Crippen molar-refractivity contribution < 1.29 is 9.53 Å². The Morgan fingerprint density at radius 1 is 1.56 bits per heavy atom. The molecule has 6 nitrogen and oxygen atoms in total. The Hall–Kier alpha value is -1.40. The zero-order valence-electron chi connectivity index (χ0n) is 10.5. The van der Waals surface area contributed by atoms with Crippen LogP contribution in [0.2, 0.25) is 0 Å². The molecule has 0 aromatic carbocycles. The quantitative estimate of drug-likeness (QED) is 0.686. The summed E-state index contributed by atoms with van der Waals surface area (Å²) in [6.45, 7) is 3.69. The molecule has 0 aliphatic carbocycles. The number of unbranched alkanes of at least 4 members (excludes halogenated alkanes) is 1. The highest BCUT2D eigenvalue weighted by Gasteiger charge is 2.20. The van der Waals surface area contributed by atoms with Crippen LogP contribution in [0.4, 0.5) is 0 Å². The Kier molecular flexibility index (Phi) is 5.16. The first kappa shape index (κ1) is 13.0. The largest absolute Gasteiger partial charge is 0.366 e. The average Bonchev–Trinajstić information content (AvgIpc) is 2.92. The van der Waals surface area contributed by atoms with Crippen molar-refractivity contribution in [3.05, 3.63) is 18.7 Å². The van der Waals surface area contributed by atoms with E-state index in [1.165, 1.54) is 0 Å². The maximum atomic E-state index is 11.7. The predicted molar refractivity (Wildman–Crippen MR) is 67.1 cm³/mol.